The average molecular weight is 263 g/mol. The number of hydrogen-bond donors (Lipinski definition) is 1. The van der Waals surface area contributed by atoms with Gasteiger partial charge < -0.3 is 0 Å². The van der Waals surface area contributed by atoms with E-state index < -0.39 is 15.4 Å². The Bertz CT molecular complexity index is 709. The second-order valence-electron chi connectivity index (χ2n) is 4.67. The molecule has 0 bridgehead atoms. The number of fused-ring (bicyclic) bond motifs is 2. The summed E-state index contributed by atoms with van der Waals surface area (Å²) in [7, 11) is -3.96. The Morgan fingerprint density at radius 3 is 2.83 bits per heavy atom. The standard InChI is InChI=1S/C13H13NO3S/c15-18(16,17)11-6-5-10-7-9-3-1-2-4-12(9)14-13(10)8-11/h1-4,7,11H,5-6,8H2,(H,15,16,17). The second kappa shape index (κ2) is 4.03. The molecule has 2 aromatic rings. The van der Waals surface area contributed by atoms with Crippen molar-refractivity contribution in [3.05, 3.63) is 41.6 Å². The van der Waals surface area contributed by atoms with Gasteiger partial charge in [0, 0.05) is 17.5 Å². The van der Waals surface area contributed by atoms with Gasteiger partial charge in [0.25, 0.3) is 10.1 Å². The highest BCUT2D eigenvalue weighted by molar-refractivity contribution is 7.86. The van der Waals surface area contributed by atoms with E-state index in [-0.39, 0.29) is 0 Å². The molecule has 0 amide bonds. The first-order valence-electron chi connectivity index (χ1n) is 5.88. The lowest BCUT2D eigenvalue weighted by Crippen LogP contribution is -2.28. The molecule has 0 aliphatic heterocycles. The summed E-state index contributed by atoms with van der Waals surface area (Å²) in [6.07, 6.45) is 1.42. The van der Waals surface area contributed by atoms with Crippen LogP contribution < -0.4 is 0 Å². The summed E-state index contributed by atoms with van der Waals surface area (Å²) in [5.74, 6) is 0. The molecule has 0 radical (unpaired) electrons. The van der Waals surface area contributed by atoms with E-state index in [9.17, 15) is 8.42 Å². The minimum Gasteiger partial charge on any atom is -0.285 e. The van der Waals surface area contributed by atoms with E-state index in [0.717, 1.165) is 22.2 Å². The molecule has 1 aromatic carbocycles. The third kappa shape index (κ3) is 2.00. The summed E-state index contributed by atoms with van der Waals surface area (Å²) >= 11 is 0. The van der Waals surface area contributed by atoms with E-state index in [1.165, 1.54) is 0 Å². The Morgan fingerprint density at radius 2 is 2.06 bits per heavy atom. The maximum absolute atomic E-state index is 11.2. The molecular weight excluding hydrogens is 250 g/mol. The van der Waals surface area contributed by atoms with Crippen molar-refractivity contribution in [2.24, 2.45) is 0 Å². The van der Waals surface area contributed by atoms with Crippen LogP contribution in [0, 0.1) is 0 Å². The number of pyridine rings is 1. The fourth-order valence-corrected chi connectivity index (χ4v) is 3.27. The van der Waals surface area contributed by atoms with E-state index in [1.54, 1.807) is 0 Å². The molecule has 1 aliphatic carbocycles. The summed E-state index contributed by atoms with van der Waals surface area (Å²) < 4.78 is 31.5. The van der Waals surface area contributed by atoms with Crippen molar-refractivity contribution in [3.63, 3.8) is 0 Å². The van der Waals surface area contributed by atoms with Gasteiger partial charge in [-0.25, -0.2) is 0 Å². The van der Waals surface area contributed by atoms with Crippen molar-refractivity contribution < 1.29 is 13.0 Å². The minimum atomic E-state index is -3.96. The van der Waals surface area contributed by atoms with Crippen LogP contribution >= 0.6 is 0 Å². The number of aromatic nitrogens is 1. The highest BCUT2D eigenvalue weighted by atomic mass is 32.2. The summed E-state index contributed by atoms with van der Waals surface area (Å²) in [6, 6.07) is 9.84. The third-order valence-electron chi connectivity index (χ3n) is 3.47. The van der Waals surface area contributed by atoms with Crippen LogP contribution in [0.2, 0.25) is 0 Å². The van der Waals surface area contributed by atoms with Gasteiger partial charge in [-0.05, 0) is 30.5 Å². The average Bonchev–Trinajstić information content (AvgIpc) is 2.34. The number of nitrogens with zero attached hydrogens (tertiary/aromatic N) is 1. The van der Waals surface area contributed by atoms with E-state index >= 15 is 0 Å². The van der Waals surface area contributed by atoms with Crippen LogP contribution in [0.4, 0.5) is 0 Å². The van der Waals surface area contributed by atoms with Crippen molar-refractivity contribution in [2.45, 2.75) is 24.5 Å². The highest BCUT2D eigenvalue weighted by Crippen LogP contribution is 2.26. The lowest BCUT2D eigenvalue weighted by molar-refractivity contribution is 0.456. The molecule has 94 valence electrons. The van der Waals surface area contributed by atoms with E-state index in [0.29, 0.717) is 19.3 Å². The van der Waals surface area contributed by atoms with Gasteiger partial charge in [0.2, 0.25) is 0 Å². The highest BCUT2D eigenvalue weighted by Gasteiger charge is 2.29. The first-order chi connectivity index (χ1) is 8.54. The summed E-state index contributed by atoms with van der Waals surface area (Å²) in [5, 5.41) is 0.361. The van der Waals surface area contributed by atoms with Crippen LogP contribution in [0.3, 0.4) is 0 Å². The number of para-hydroxylation sites is 1. The lowest BCUT2D eigenvalue weighted by Gasteiger charge is -2.21. The molecule has 0 spiro atoms. The normalized spacial score (nSPS) is 19.7. The zero-order chi connectivity index (χ0) is 12.8. The van der Waals surface area contributed by atoms with Crippen molar-refractivity contribution in [3.8, 4) is 0 Å². The number of benzene rings is 1. The fraction of sp³-hybridized carbons (Fsp3) is 0.308. The molecule has 0 saturated carbocycles. The predicted molar refractivity (Wildman–Crippen MR) is 69.1 cm³/mol. The molecular formula is C13H13NO3S. The molecule has 18 heavy (non-hydrogen) atoms. The summed E-state index contributed by atoms with van der Waals surface area (Å²) in [5.41, 5.74) is 2.75. The van der Waals surface area contributed by atoms with Gasteiger partial charge in [-0.1, -0.05) is 18.2 Å². The third-order valence-corrected chi connectivity index (χ3v) is 4.72. The lowest BCUT2D eigenvalue weighted by atomic mass is 9.94. The van der Waals surface area contributed by atoms with E-state index in [4.69, 9.17) is 4.55 Å². The van der Waals surface area contributed by atoms with E-state index in [2.05, 4.69) is 11.1 Å². The molecule has 5 heteroatoms. The molecule has 1 N–H and O–H groups in total. The first-order valence-corrected chi connectivity index (χ1v) is 7.38. The van der Waals surface area contributed by atoms with Crippen LogP contribution in [0.25, 0.3) is 10.9 Å². The molecule has 1 heterocycles. The van der Waals surface area contributed by atoms with Gasteiger partial charge in [-0.15, -0.1) is 0 Å². The minimum absolute atomic E-state index is 0.305. The Kier molecular flexibility index (Phi) is 2.60. The van der Waals surface area contributed by atoms with Gasteiger partial charge in [0.1, 0.15) is 0 Å². The van der Waals surface area contributed by atoms with Crippen molar-refractivity contribution >= 4 is 21.0 Å². The Morgan fingerprint density at radius 1 is 1.28 bits per heavy atom. The molecule has 1 unspecified atom stereocenters. The summed E-state index contributed by atoms with van der Waals surface area (Å²) in [4.78, 5) is 4.50. The Balaban J connectivity index is 2.08. The number of hydrogen-bond acceptors (Lipinski definition) is 3. The number of aryl methyl sites for hydroxylation is 1. The molecule has 1 aliphatic rings. The van der Waals surface area contributed by atoms with Crippen molar-refractivity contribution in [2.75, 3.05) is 0 Å². The molecule has 0 fully saturated rings. The zero-order valence-electron chi connectivity index (χ0n) is 9.70. The van der Waals surface area contributed by atoms with Gasteiger partial charge >= 0.3 is 0 Å². The fourth-order valence-electron chi connectivity index (χ4n) is 2.48. The van der Waals surface area contributed by atoms with Crippen molar-refractivity contribution in [1.29, 1.82) is 0 Å². The van der Waals surface area contributed by atoms with Crippen LogP contribution in [0.1, 0.15) is 17.7 Å². The van der Waals surface area contributed by atoms with Gasteiger partial charge in [-0.3, -0.25) is 9.54 Å². The predicted octanol–water partition coefficient (Wildman–Crippen LogP) is 1.98. The smallest absolute Gasteiger partial charge is 0.268 e. The van der Waals surface area contributed by atoms with Crippen molar-refractivity contribution in [1.82, 2.24) is 4.98 Å². The Labute approximate surface area is 105 Å². The van der Waals surface area contributed by atoms with Crippen LogP contribution in [-0.4, -0.2) is 23.2 Å². The van der Waals surface area contributed by atoms with E-state index in [1.807, 2.05) is 24.3 Å². The molecule has 3 rings (SSSR count). The molecule has 0 saturated heterocycles. The monoisotopic (exact) mass is 263 g/mol. The summed E-state index contributed by atoms with van der Waals surface area (Å²) in [6.45, 7) is 0. The maximum atomic E-state index is 11.2. The molecule has 1 atom stereocenters. The van der Waals surface area contributed by atoms with Gasteiger partial charge in [0.15, 0.2) is 0 Å². The molecule has 1 aromatic heterocycles. The van der Waals surface area contributed by atoms with Gasteiger partial charge in [-0.2, -0.15) is 8.42 Å². The largest absolute Gasteiger partial charge is 0.285 e. The second-order valence-corrected chi connectivity index (χ2v) is 6.36. The van der Waals surface area contributed by atoms with Gasteiger partial charge in [0.05, 0.1) is 10.8 Å². The SMILES string of the molecule is O=S(=O)(O)C1CCc2cc3ccccc3nc2C1. The quantitative estimate of drug-likeness (QED) is 0.799. The van der Waals surface area contributed by atoms with Crippen LogP contribution in [0.5, 0.6) is 0 Å². The Hall–Kier alpha value is -1.46. The number of rotatable bonds is 1. The van der Waals surface area contributed by atoms with Crippen LogP contribution in [-0.2, 0) is 23.0 Å². The maximum Gasteiger partial charge on any atom is 0.268 e. The topological polar surface area (TPSA) is 67.3 Å². The van der Waals surface area contributed by atoms with Crippen LogP contribution in [0.15, 0.2) is 30.3 Å². The first kappa shape index (κ1) is 11.6. The zero-order valence-corrected chi connectivity index (χ0v) is 10.5. The molecule has 4 nitrogen and oxygen atoms in total.